The normalized spacial score (nSPS) is 25.1. The van der Waals surface area contributed by atoms with Crippen molar-refractivity contribution >= 4 is 29.3 Å². The van der Waals surface area contributed by atoms with Gasteiger partial charge in [0.25, 0.3) is 11.8 Å². The van der Waals surface area contributed by atoms with Crippen LogP contribution in [0.4, 0.5) is 13.2 Å². The molecular weight excluding hydrogens is 525 g/mol. The number of aliphatic hydroxyl groups is 2. The Kier molecular flexibility index (Phi) is 9.20. The fourth-order valence-electron chi connectivity index (χ4n) is 5.76. The summed E-state index contributed by atoms with van der Waals surface area (Å²) in [6.45, 7) is 0.633. The van der Waals surface area contributed by atoms with E-state index in [0.717, 1.165) is 18.4 Å². The topological polar surface area (TPSA) is 105 Å². The summed E-state index contributed by atoms with van der Waals surface area (Å²) in [5, 5.41) is 23.8. The zero-order valence-corrected chi connectivity index (χ0v) is 21.8. The highest BCUT2D eigenvalue weighted by molar-refractivity contribution is 6.30. The van der Waals surface area contributed by atoms with Crippen LogP contribution in [-0.4, -0.2) is 87.8 Å². The summed E-state index contributed by atoms with van der Waals surface area (Å²) >= 11 is 6.07. The number of likely N-dealkylation sites (tertiary alicyclic amines) is 1. The second-order valence-electron chi connectivity index (χ2n) is 10.2. The molecule has 0 radical (unpaired) electrons. The molecule has 5 atom stereocenters. The van der Waals surface area contributed by atoms with Gasteiger partial charge in [-0.15, -0.1) is 0 Å². The predicted molar refractivity (Wildman–Crippen MR) is 136 cm³/mol. The number of aliphatic imine (C=N–C) groups is 1. The van der Waals surface area contributed by atoms with Gasteiger partial charge in [-0.25, -0.2) is 0 Å². The number of carbonyl (C=O) groups excluding carboxylic acids is 2. The number of benzene rings is 1. The molecular formula is C26H34ClF3N4O4. The molecule has 2 fully saturated rings. The van der Waals surface area contributed by atoms with Gasteiger partial charge in [-0.2, -0.15) is 13.2 Å². The number of nitrogens with zero attached hydrogens (tertiary/aromatic N) is 3. The van der Waals surface area contributed by atoms with Crippen LogP contribution in [0.15, 0.2) is 29.3 Å². The van der Waals surface area contributed by atoms with Crippen LogP contribution in [0.1, 0.15) is 63.0 Å². The average Bonchev–Trinajstić information content (AvgIpc) is 3.52. The predicted octanol–water partition coefficient (Wildman–Crippen LogP) is 3.21. The number of hydrogen-bond acceptors (Lipinski definition) is 6. The molecule has 0 spiro atoms. The van der Waals surface area contributed by atoms with E-state index in [4.69, 9.17) is 11.6 Å². The molecule has 2 heterocycles. The Morgan fingerprint density at radius 3 is 2.61 bits per heavy atom. The van der Waals surface area contributed by atoms with E-state index in [2.05, 4.69) is 10.3 Å². The van der Waals surface area contributed by atoms with E-state index in [1.165, 1.54) is 9.80 Å². The molecule has 1 saturated carbocycles. The molecule has 1 saturated heterocycles. The minimum atomic E-state index is -4.50. The van der Waals surface area contributed by atoms with Crippen LogP contribution in [0, 0.1) is 0 Å². The minimum Gasteiger partial charge on any atom is -0.380 e. The molecule has 1 aromatic rings. The summed E-state index contributed by atoms with van der Waals surface area (Å²) in [6.07, 6.45) is -3.19. The molecule has 8 nitrogen and oxygen atoms in total. The minimum absolute atomic E-state index is 0.0894. The first-order chi connectivity index (χ1) is 18.1. The van der Waals surface area contributed by atoms with Gasteiger partial charge in [0.15, 0.2) is 12.2 Å². The summed E-state index contributed by atoms with van der Waals surface area (Å²) in [7, 11) is 0. The summed E-state index contributed by atoms with van der Waals surface area (Å²) in [4.78, 5) is 32.1. The second-order valence-corrected chi connectivity index (χ2v) is 10.6. The summed E-state index contributed by atoms with van der Waals surface area (Å²) in [5.74, 6) is -2.46. The monoisotopic (exact) mass is 558 g/mol. The fraction of sp³-hybridized carbons (Fsp3) is 0.654. The standard InChI is InChI=1S/C26H34ClF3N4O4/c27-17-8-5-7-16(15-17)19-11-6-14-33(19)24(38)22(36)21(35)23(37)31-12-3-4-13-34-20-10-2-1-9-18(20)32-25(34)26(28,29)30/h5,7-8,15,18-22,35-36H,1-4,6,9-14H2,(H,31,37)/t18?,19?,20-,21-,22-/m1/s1. The third kappa shape index (κ3) is 6.43. The maximum Gasteiger partial charge on any atom is 0.449 e. The number of alkyl halides is 3. The number of amides is 2. The number of aliphatic hydroxyl groups excluding tert-OH is 2. The number of carbonyl (C=O) groups is 2. The van der Waals surface area contributed by atoms with Crippen molar-refractivity contribution < 1.29 is 33.0 Å². The van der Waals surface area contributed by atoms with Gasteiger partial charge < -0.3 is 25.3 Å². The van der Waals surface area contributed by atoms with E-state index in [9.17, 15) is 33.0 Å². The van der Waals surface area contributed by atoms with Crippen LogP contribution in [0.25, 0.3) is 0 Å². The Morgan fingerprint density at radius 2 is 1.87 bits per heavy atom. The molecule has 3 N–H and O–H groups in total. The van der Waals surface area contributed by atoms with E-state index in [0.29, 0.717) is 50.1 Å². The lowest BCUT2D eigenvalue weighted by Gasteiger charge is -2.33. The molecule has 0 aromatic heterocycles. The Morgan fingerprint density at radius 1 is 1.11 bits per heavy atom. The van der Waals surface area contributed by atoms with Gasteiger partial charge in [-0.05, 0) is 56.2 Å². The average molecular weight is 559 g/mol. The molecule has 4 rings (SSSR count). The zero-order valence-electron chi connectivity index (χ0n) is 21.0. The van der Waals surface area contributed by atoms with Crippen molar-refractivity contribution in [3.05, 3.63) is 34.9 Å². The van der Waals surface area contributed by atoms with E-state index < -0.39 is 36.0 Å². The first-order valence-corrected chi connectivity index (χ1v) is 13.6. The maximum atomic E-state index is 13.5. The van der Waals surface area contributed by atoms with Gasteiger partial charge in [0.1, 0.15) is 0 Å². The van der Waals surface area contributed by atoms with Crippen molar-refractivity contribution in [1.29, 1.82) is 0 Å². The lowest BCUT2D eigenvalue weighted by atomic mass is 9.90. The van der Waals surface area contributed by atoms with Gasteiger partial charge in [0, 0.05) is 24.7 Å². The third-order valence-corrected chi connectivity index (χ3v) is 7.86. The quantitative estimate of drug-likeness (QED) is 0.404. The number of hydrogen-bond donors (Lipinski definition) is 3. The second kappa shape index (κ2) is 12.2. The van der Waals surface area contributed by atoms with Crippen LogP contribution in [-0.2, 0) is 9.59 Å². The van der Waals surface area contributed by atoms with Crippen LogP contribution in [0.2, 0.25) is 5.02 Å². The Labute approximate surface area is 224 Å². The van der Waals surface area contributed by atoms with Crippen molar-refractivity contribution in [2.24, 2.45) is 4.99 Å². The van der Waals surface area contributed by atoms with Crippen molar-refractivity contribution in [2.45, 2.75) is 87.9 Å². The molecule has 12 heteroatoms. The van der Waals surface area contributed by atoms with Crippen molar-refractivity contribution in [3.63, 3.8) is 0 Å². The van der Waals surface area contributed by atoms with Gasteiger partial charge in [0.05, 0.1) is 18.1 Å². The molecule has 3 aliphatic rings. The van der Waals surface area contributed by atoms with Crippen molar-refractivity contribution in [1.82, 2.24) is 15.1 Å². The lowest BCUT2D eigenvalue weighted by molar-refractivity contribution is -0.153. The highest BCUT2D eigenvalue weighted by atomic mass is 35.5. The van der Waals surface area contributed by atoms with Crippen LogP contribution in [0.5, 0.6) is 0 Å². The summed E-state index contributed by atoms with van der Waals surface area (Å²) < 4.78 is 40.5. The molecule has 2 amide bonds. The zero-order chi connectivity index (χ0) is 27.4. The molecule has 2 unspecified atom stereocenters. The smallest absolute Gasteiger partial charge is 0.380 e. The highest BCUT2D eigenvalue weighted by Crippen LogP contribution is 2.36. The van der Waals surface area contributed by atoms with Gasteiger partial charge in [-0.3, -0.25) is 14.6 Å². The first-order valence-electron chi connectivity index (χ1n) is 13.2. The lowest BCUT2D eigenvalue weighted by Crippen LogP contribution is -2.50. The molecule has 1 aromatic carbocycles. The van der Waals surface area contributed by atoms with E-state index in [1.807, 2.05) is 6.07 Å². The number of rotatable bonds is 9. The van der Waals surface area contributed by atoms with Crippen molar-refractivity contribution in [2.75, 3.05) is 19.6 Å². The summed E-state index contributed by atoms with van der Waals surface area (Å²) in [5.41, 5.74) is 0.811. The van der Waals surface area contributed by atoms with Crippen LogP contribution >= 0.6 is 11.6 Å². The number of halogens is 4. The number of fused-ring (bicyclic) bond motifs is 1. The van der Waals surface area contributed by atoms with E-state index in [1.54, 1.807) is 18.2 Å². The Bertz CT molecular complexity index is 1040. The molecule has 38 heavy (non-hydrogen) atoms. The van der Waals surface area contributed by atoms with Crippen LogP contribution in [0.3, 0.4) is 0 Å². The molecule has 0 bridgehead atoms. The highest BCUT2D eigenvalue weighted by Gasteiger charge is 2.48. The Balaban J connectivity index is 1.24. The third-order valence-electron chi connectivity index (χ3n) is 7.62. The first kappa shape index (κ1) is 28.6. The largest absolute Gasteiger partial charge is 0.449 e. The summed E-state index contributed by atoms with van der Waals surface area (Å²) in [6, 6.07) is 6.19. The fourth-order valence-corrected chi connectivity index (χ4v) is 5.96. The Hall–Kier alpha value is -2.37. The van der Waals surface area contributed by atoms with E-state index >= 15 is 0 Å². The van der Waals surface area contributed by atoms with E-state index in [-0.39, 0.29) is 31.2 Å². The number of unbranched alkanes of at least 4 members (excludes halogenated alkanes) is 1. The van der Waals surface area contributed by atoms with Crippen LogP contribution < -0.4 is 5.32 Å². The molecule has 210 valence electrons. The molecule has 2 aliphatic heterocycles. The van der Waals surface area contributed by atoms with Gasteiger partial charge >= 0.3 is 6.18 Å². The van der Waals surface area contributed by atoms with Crippen molar-refractivity contribution in [3.8, 4) is 0 Å². The number of nitrogens with one attached hydrogen (secondary N) is 1. The van der Waals surface area contributed by atoms with Gasteiger partial charge in [-0.1, -0.05) is 36.6 Å². The van der Waals surface area contributed by atoms with Gasteiger partial charge in [0.2, 0.25) is 5.84 Å². The SMILES string of the molecule is O=C(NCCCCN1C(C(F)(F)F)=NC2CCCC[C@H]21)[C@H](O)[C@@H](O)C(=O)N1CCCC1c1cccc(Cl)c1. The molecule has 1 aliphatic carbocycles. The maximum absolute atomic E-state index is 13.5. The number of amidine groups is 1.